The first-order valence-corrected chi connectivity index (χ1v) is 13.3. The number of ether oxygens (including phenoxy) is 5. The first-order chi connectivity index (χ1) is 19.8. The molecule has 220 valence electrons. The largest absolute Gasteiger partial charge is 0.397 e. The number of amides is 1. The summed E-state index contributed by atoms with van der Waals surface area (Å²) in [6.07, 6.45) is -9.92. The molecule has 7 nitrogen and oxygen atoms in total. The van der Waals surface area contributed by atoms with Gasteiger partial charge in [0.25, 0.3) is 0 Å². The van der Waals surface area contributed by atoms with Gasteiger partial charge in [0, 0.05) is 7.11 Å². The van der Waals surface area contributed by atoms with E-state index in [4.69, 9.17) is 23.7 Å². The Morgan fingerprint density at radius 1 is 0.780 bits per heavy atom. The van der Waals surface area contributed by atoms with Crippen molar-refractivity contribution in [3.8, 4) is 0 Å². The lowest BCUT2D eigenvalue weighted by Crippen LogP contribution is -2.66. The molecule has 41 heavy (non-hydrogen) atoms. The fourth-order valence-electron chi connectivity index (χ4n) is 4.61. The van der Waals surface area contributed by atoms with E-state index in [2.05, 4.69) is 5.32 Å². The van der Waals surface area contributed by atoms with Crippen LogP contribution in [0.5, 0.6) is 0 Å². The SMILES string of the molecule is CO[C@H]1O[C@H](COCc2ccccc2)[C@H](OCc2ccccc2)[C@H](OCc2ccccc2)[C@H]1NC(=O)CC(F)(F)F. The Balaban J connectivity index is 1.59. The van der Waals surface area contributed by atoms with Crippen LogP contribution in [0.15, 0.2) is 91.0 Å². The molecule has 1 fully saturated rings. The summed E-state index contributed by atoms with van der Waals surface area (Å²) < 4.78 is 69.4. The molecule has 0 radical (unpaired) electrons. The van der Waals surface area contributed by atoms with Gasteiger partial charge in [-0.25, -0.2) is 0 Å². The zero-order chi connectivity index (χ0) is 29.1. The van der Waals surface area contributed by atoms with Gasteiger partial charge in [-0.05, 0) is 16.7 Å². The number of halogens is 3. The molecule has 0 unspecified atom stereocenters. The van der Waals surface area contributed by atoms with Crippen molar-refractivity contribution < 1.29 is 41.7 Å². The van der Waals surface area contributed by atoms with Crippen LogP contribution in [-0.4, -0.2) is 56.4 Å². The van der Waals surface area contributed by atoms with Crippen molar-refractivity contribution in [2.24, 2.45) is 0 Å². The second kappa shape index (κ2) is 15.1. The number of benzene rings is 3. The quantitative estimate of drug-likeness (QED) is 0.304. The van der Waals surface area contributed by atoms with Gasteiger partial charge in [-0.15, -0.1) is 0 Å². The summed E-state index contributed by atoms with van der Waals surface area (Å²) in [6, 6.07) is 27.2. The smallest absolute Gasteiger partial charge is 0.374 e. The molecule has 0 aliphatic carbocycles. The average molecular weight is 574 g/mol. The maximum atomic E-state index is 13.0. The highest BCUT2D eigenvalue weighted by molar-refractivity contribution is 5.77. The Kier molecular flexibility index (Phi) is 11.3. The Morgan fingerprint density at radius 2 is 1.27 bits per heavy atom. The zero-order valence-corrected chi connectivity index (χ0v) is 22.7. The Hall–Kier alpha value is -3.28. The molecule has 1 saturated heterocycles. The fraction of sp³-hybridized carbons (Fsp3) is 0.387. The lowest BCUT2D eigenvalue weighted by atomic mass is 9.95. The summed E-state index contributed by atoms with van der Waals surface area (Å²) in [6.45, 7) is 0.695. The molecule has 5 atom stereocenters. The minimum absolute atomic E-state index is 0.0859. The summed E-state index contributed by atoms with van der Waals surface area (Å²) in [5.74, 6) is -1.22. The Labute approximate surface area is 237 Å². The number of methoxy groups -OCH3 is 1. The summed E-state index contributed by atoms with van der Waals surface area (Å²) in [5, 5.41) is 2.44. The van der Waals surface area contributed by atoms with Gasteiger partial charge in [-0.3, -0.25) is 4.79 Å². The molecule has 0 aromatic heterocycles. The van der Waals surface area contributed by atoms with Gasteiger partial charge in [0.1, 0.15) is 30.8 Å². The number of hydrogen-bond acceptors (Lipinski definition) is 6. The van der Waals surface area contributed by atoms with Crippen LogP contribution in [0, 0.1) is 0 Å². The molecule has 10 heteroatoms. The zero-order valence-electron chi connectivity index (χ0n) is 22.7. The van der Waals surface area contributed by atoms with Crippen LogP contribution < -0.4 is 5.32 Å². The number of carbonyl (C=O) groups is 1. The molecule has 3 aromatic carbocycles. The average Bonchev–Trinajstić information content (AvgIpc) is 2.96. The monoisotopic (exact) mass is 573 g/mol. The molecule has 1 amide bonds. The normalized spacial score (nSPS) is 22.8. The predicted molar refractivity (Wildman–Crippen MR) is 144 cm³/mol. The highest BCUT2D eigenvalue weighted by Crippen LogP contribution is 2.30. The molecule has 0 saturated carbocycles. The Morgan fingerprint density at radius 3 is 1.76 bits per heavy atom. The van der Waals surface area contributed by atoms with Crippen LogP contribution in [0.25, 0.3) is 0 Å². The first kappa shape index (κ1) is 30.7. The Bertz CT molecular complexity index is 1180. The number of hydrogen-bond donors (Lipinski definition) is 1. The first-order valence-electron chi connectivity index (χ1n) is 13.3. The summed E-state index contributed by atoms with van der Waals surface area (Å²) in [7, 11) is 1.36. The molecular weight excluding hydrogens is 539 g/mol. The minimum atomic E-state index is -4.68. The van der Waals surface area contributed by atoms with Crippen LogP contribution in [0.4, 0.5) is 13.2 Å². The van der Waals surface area contributed by atoms with Gasteiger partial charge < -0.3 is 29.0 Å². The van der Waals surface area contributed by atoms with Crippen molar-refractivity contribution >= 4 is 5.91 Å². The van der Waals surface area contributed by atoms with E-state index < -0.39 is 49.1 Å². The van der Waals surface area contributed by atoms with Crippen LogP contribution >= 0.6 is 0 Å². The number of carbonyl (C=O) groups excluding carboxylic acids is 1. The predicted octanol–water partition coefficient (Wildman–Crippen LogP) is 5.18. The van der Waals surface area contributed by atoms with Gasteiger partial charge in [-0.2, -0.15) is 13.2 Å². The maximum absolute atomic E-state index is 13.0. The van der Waals surface area contributed by atoms with E-state index in [1.807, 2.05) is 91.0 Å². The summed E-state index contributed by atoms with van der Waals surface area (Å²) in [4.78, 5) is 12.4. The standard InChI is InChI=1S/C31H34F3NO6/c1-37-30-27(35-26(36)17-31(32,33)34)29(40-20-24-15-9-4-10-16-24)28(39-19-23-13-7-3-8-14-23)25(41-30)21-38-18-22-11-5-2-6-12-22/h2-16,25,27-30H,17-21H2,1H3,(H,35,36)/t25-,27-,28+,29-,30+/m1/s1. The number of nitrogens with one attached hydrogen (secondary N) is 1. The highest BCUT2D eigenvalue weighted by atomic mass is 19.4. The maximum Gasteiger partial charge on any atom is 0.397 e. The van der Waals surface area contributed by atoms with E-state index in [0.717, 1.165) is 16.7 Å². The topological polar surface area (TPSA) is 75.2 Å². The van der Waals surface area contributed by atoms with E-state index >= 15 is 0 Å². The van der Waals surface area contributed by atoms with Gasteiger partial charge in [0.2, 0.25) is 5.91 Å². The molecule has 0 spiro atoms. The van der Waals surface area contributed by atoms with Crippen LogP contribution in [0.1, 0.15) is 23.1 Å². The summed E-state index contributed by atoms with van der Waals surface area (Å²) in [5.41, 5.74) is 2.68. The van der Waals surface area contributed by atoms with Crippen LogP contribution in [0.2, 0.25) is 0 Å². The third-order valence-electron chi connectivity index (χ3n) is 6.53. The van der Waals surface area contributed by atoms with E-state index in [1.165, 1.54) is 7.11 Å². The van der Waals surface area contributed by atoms with E-state index in [-0.39, 0.29) is 19.8 Å². The number of alkyl halides is 3. The van der Waals surface area contributed by atoms with Crippen LogP contribution in [-0.2, 0) is 48.3 Å². The lowest BCUT2D eigenvalue weighted by molar-refractivity contribution is -0.285. The molecule has 1 aliphatic rings. The van der Waals surface area contributed by atoms with E-state index in [1.54, 1.807) is 0 Å². The van der Waals surface area contributed by atoms with Crippen molar-refractivity contribution in [1.82, 2.24) is 5.32 Å². The number of rotatable bonds is 13. The fourth-order valence-corrected chi connectivity index (χ4v) is 4.61. The van der Waals surface area contributed by atoms with E-state index in [9.17, 15) is 18.0 Å². The van der Waals surface area contributed by atoms with Crippen molar-refractivity contribution in [3.05, 3.63) is 108 Å². The van der Waals surface area contributed by atoms with Crippen molar-refractivity contribution in [1.29, 1.82) is 0 Å². The third kappa shape index (κ3) is 9.65. The molecular formula is C31H34F3NO6. The van der Waals surface area contributed by atoms with Crippen molar-refractivity contribution in [2.45, 2.75) is 63.1 Å². The van der Waals surface area contributed by atoms with Gasteiger partial charge in [0.15, 0.2) is 6.29 Å². The molecule has 1 aliphatic heterocycles. The summed E-state index contributed by atoms with van der Waals surface area (Å²) >= 11 is 0. The van der Waals surface area contributed by atoms with Crippen LogP contribution in [0.3, 0.4) is 0 Å². The molecule has 1 N–H and O–H groups in total. The second-order valence-electron chi connectivity index (χ2n) is 9.69. The van der Waals surface area contributed by atoms with Gasteiger partial charge in [0.05, 0.1) is 26.4 Å². The molecule has 1 heterocycles. The van der Waals surface area contributed by atoms with Gasteiger partial charge >= 0.3 is 6.18 Å². The lowest BCUT2D eigenvalue weighted by Gasteiger charge is -2.46. The van der Waals surface area contributed by atoms with Crippen molar-refractivity contribution in [2.75, 3.05) is 13.7 Å². The second-order valence-corrected chi connectivity index (χ2v) is 9.69. The van der Waals surface area contributed by atoms with Crippen molar-refractivity contribution in [3.63, 3.8) is 0 Å². The molecule has 4 rings (SSSR count). The van der Waals surface area contributed by atoms with Gasteiger partial charge in [-0.1, -0.05) is 91.0 Å². The molecule has 3 aromatic rings. The highest BCUT2D eigenvalue weighted by Gasteiger charge is 2.49. The molecule has 0 bridgehead atoms. The minimum Gasteiger partial charge on any atom is -0.374 e. The third-order valence-corrected chi connectivity index (χ3v) is 6.53. The van der Waals surface area contributed by atoms with E-state index in [0.29, 0.717) is 6.61 Å².